The third-order valence-electron chi connectivity index (χ3n) is 2.08. The van der Waals surface area contributed by atoms with Crippen LogP contribution in [0.2, 0.25) is 0 Å². The van der Waals surface area contributed by atoms with Crippen molar-refractivity contribution in [3.8, 4) is 0 Å². The van der Waals surface area contributed by atoms with Gasteiger partial charge in [-0.05, 0) is 18.2 Å². The lowest BCUT2D eigenvalue weighted by Gasteiger charge is -2.03. The SMILES string of the molecule is Cn1cnc(C(=O)Nc2cccc(N)c2)c1. The topological polar surface area (TPSA) is 72.9 Å². The quantitative estimate of drug-likeness (QED) is 0.742. The predicted molar refractivity (Wildman–Crippen MR) is 62.0 cm³/mol. The number of nitrogens with one attached hydrogen (secondary N) is 1. The lowest BCUT2D eigenvalue weighted by atomic mass is 10.3. The number of carbonyl (C=O) groups excluding carboxylic acids is 1. The number of anilines is 2. The molecule has 2 rings (SSSR count). The van der Waals surface area contributed by atoms with E-state index in [1.807, 2.05) is 7.05 Å². The van der Waals surface area contributed by atoms with Crippen LogP contribution in [0, 0.1) is 0 Å². The van der Waals surface area contributed by atoms with Crippen LogP contribution in [-0.4, -0.2) is 15.5 Å². The fraction of sp³-hybridized carbons (Fsp3) is 0.0909. The number of aromatic nitrogens is 2. The van der Waals surface area contributed by atoms with Gasteiger partial charge < -0.3 is 15.6 Å². The van der Waals surface area contributed by atoms with Crippen molar-refractivity contribution >= 4 is 17.3 Å². The smallest absolute Gasteiger partial charge is 0.275 e. The summed E-state index contributed by atoms with van der Waals surface area (Å²) >= 11 is 0. The fourth-order valence-electron chi connectivity index (χ4n) is 1.34. The summed E-state index contributed by atoms with van der Waals surface area (Å²) in [6.07, 6.45) is 3.23. The molecule has 3 N–H and O–H groups in total. The molecule has 0 saturated heterocycles. The lowest BCUT2D eigenvalue weighted by Crippen LogP contribution is -2.12. The van der Waals surface area contributed by atoms with Gasteiger partial charge in [-0.3, -0.25) is 4.79 Å². The molecule has 0 radical (unpaired) electrons. The summed E-state index contributed by atoms with van der Waals surface area (Å²) in [7, 11) is 1.81. The van der Waals surface area contributed by atoms with E-state index in [1.165, 1.54) is 0 Å². The number of nitrogens with zero attached hydrogens (tertiary/aromatic N) is 2. The Hall–Kier alpha value is -2.30. The zero-order valence-electron chi connectivity index (χ0n) is 8.84. The van der Waals surface area contributed by atoms with Crippen LogP contribution in [0.4, 0.5) is 11.4 Å². The van der Waals surface area contributed by atoms with E-state index in [2.05, 4.69) is 10.3 Å². The Morgan fingerprint density at radius 1 is 1.50 bits per heavy atom. The van der Waals surface area contributed by atoms with E-state index >= 15 is 0 Å². The fourth-order valence-corrected chi connectivity index (χ4v) is 1.34. The van der Waals surface area contributed by atoms with Crippen molar-refractivity contribution in [2.45, 2.75) is 0 Å². The van der Waals surface area contributed by atoms with E-state index < -0.39 is 0 Å². The van der Waals surface area contributed by atoms with Crippen molar-refractivity contribution in [2.24, 2.45) is 7.05 Å². The molecule has 0 bridgehead atoms. The van der Waals surface area contributed by atoms with Gasteiger partial charge in [0.15, 0.2) is 0 Å². The number of amides is 1. The highest BCUT2D eigenvalue weighted by Gasteiger charge is 2.08. The van der Waals surface area contributed by atoms with Crippen molar-refractivity contribution in [3.05, 3.63) is 42.5 Å². The molecule has 1 amide bonds. The Morgan fingerprint density at radius 3 is 2.94 bits per heavy atom. The second-order valence-corrected chi connectivity index (χ2v) is 3.50. The van der Waals surface area contributed by atoms with Crippen molar-refractivity contribution < 1.29 is 4.79 Å². The first-order chi connectivity index (χ1) is 7.65. The highest BCUT2D eigenvalue weighted by atomic mass is 16.1. The van der Waals surface area contributed by atoms with E-state index in [-0.39, 0.29) is 5.91 Å². The summed E-state index contributed by atoms with van der Waals surface area (Å²) in [6, 6.07) is 7.01. The predicted octanol–water partition coefficient (Wildman–Crippen LogP) is 1.25. The molecule has 0 atom stereocenters. The number of nitrogen functional groups attached to an aromatic ring is 1. The normalized spacial score (nSPS) is 10.1. The first kappa shape index (κ1) is 10.2. The van der Waals surface area contributed by atoms with Gasteiger partial charge in [0.1, 0.15) is 5.69 Å². The van der Waals surface area contributed by atoms with Crippen molar-refractivity contribution in [2.75, 3.05) is 11.1 Å². The summed E-state index contributed by atoms with van der Waals surface area (Å²) in [5, 5.41) is 2.72. The summed E-state index contributed by atoms with van der Waals surface area (Å²) in [5.41, 5.74) is 7.26. The number of aryl methyl sites for hydroxylation is 1. The van der Waals surface area contributed by atoms with Gasteiger partial charge in [-0.2, -0.15) is 0 Å². The molecule has 0 fully saturated rings. The van der Waals surface area contributed by atoms with Crippen LogP contribution >= 0.6 is 0 Å². The zero-order valence-corrected chi connectivity index (χ0v) is 8.84. The Bertz CT molecular complexity index is 518. The van der Waals surface area contributed by atoms with Gasteiger partial charge in [0.05, 0.1) is 6.33 Å². The third kappa shape index (κ3) is 2.20. The molecule has 82 valence electrons. The first-order valence-electron chi connectivity index (χ1n) is 4.80. The molecule has 1 heterocycles. The van der Waals surface area contributed by atoms with Gasteiger partial charge >= 0.3 is 0 Å². The molecule has 2 aromatic rings. The van der Waals surface area contributed by atoms with Crippen LogP contribution < -0.4 is 11.1 Å². The zero-order chi connectivity index (χ0) is 11.5. The number of imidazole rings is 1. The number of hydrogen-bond donors (Lipinski definition) is 2. The van der Waals surface area contributed by atoms with Gasteiger partial charge in [0.25, 0.3) is 5.91 Å². The van der Waals surface area contributed by atoms with Crippen LogP contribution in [0.15, 0.2) is 36.8 Å². The number of rotatable bonds is 2. The molecule has 16 heavy (non-hydrogen) atoms. The van der Waals surface area contributed by atoms with Crippen LogP contribution in [0.25, 0.3) is 0 Å². The Kier molecular flexibility index (Phi) is 2.59. The van der Waals surface area contributed by atoms with Crippen LogP contribution in [0.3, 0.4) is 0 Å². The first-order valence-corrected chi connectivity index (χ1v) is 4.80. The maximum atomic E-state index is 11.7. The van der Waals surface area contributed by atoms with Crippen molar-refractivity contribution in [3.63, 3.8) is 0 Å². The highest BCUT2D eigenvalue weighted by molar-refractivity contribution is 6.02. The van der Waals surface area contributed by atoms with E-state index in [1.54, 1.807) is 41.4 Å². The van der Waals surface area contributed by atoms with Crippen LogP contribution in [0.5, 0.6) is 0 Å². The molecule has 0 saturated carbocycles. The molecular weight excluding hydrogens is 204 g/mol. The molecule has 1 aromatic heterocycles. The molecular formula is C11H12N4O. The lowest BCUT2D eigenvalue weighted by molar-refractivity contribution is 0.102. The average molecular weight is 216 g/mol. The van der Waals surface area contributed by atoms with E-state index in [0.717, 1.165) is 0 Å². The molecule has 5 heteroatoms. The average Bonchev–Trinajstić information content (AvgIpc) is 2.65. The van der Waals surface area contributed by atoms with Gasteiger partial charge in [0, 0.05) is 24.6 Å². The highest BCUT2D eigenvalue weighted by Crippen LogP contribution is 2.12. The number of nitrogens with two attached hydrogens (primary N) is 1. The number of carbonyl (C=O) groups is 1. The molecule has 0 aliphatic heterocycles. The molecule has 0 spiro atoms. The second-order valence-electron chi connectivity index (χ2n) is 3.50. The standard InChI is InChI=1S/C11H12N4O/c1-15-6-10(13-7-15)11(16)14-9-4-2-3-8(12)5-9/h2-7H,12H2,1H3,(H,14,16). The minimum atomic E-state index is -0.244. The number of hydrogen-bond acceptors (Lipinski definition) is 3. The molecule has 0 aliphatic rings. The maximum Gasteiger partial charge on any atom is 0.275 e. The van der Waals surface area contributed by atoms with Gasteiger partial charge in [-0.25, -0.2) is 4.98 Å². The maximum absolute atomic E-state index is 11.7. The summed E-state index contributed by atoms with van der Waals surface area (Å²) in [6.45, 7) is 0. The van der Waals surface area contributed by atoms with Crippen LogP contribution in [0.1, 0.15) is 10.5 Å². The van der Waals surface area contributed by atoms with Gasteiger partial charge in [0.2, 0.25) is 0 Å². The largest absolute Gasteiger partial charge is 0.399 e. The minimum Gasteiger partial charge on any atom is -0.399 e. The van der Waals surface area contributed by atoms with Crippen molar-refractivity contribution in [1.29, 1.82) is 0 Å². The minimum absolute atomic E-state index is 0.244. The molecule has 0 aliphatic carbocycles. The Labute approximate surface area is 92.9 Å². The number of benzene rings is 1. The van der Waals surface area contributed by atoms with Crippen LogP contribution in [-0.2, 0) is 7.05 Å². The Morgan fingerprint density at radius 2 is 2.31 bits per heavy atom. The van der Waals surface area contributed by atoms with E-state index in [0.29, 0.717) is 17.1 Å². The van der Waals surface area contributed by atoms with Crippen molar-refractivity contribution in [1.82, 2.24) is 9.55 Å². The van der Waals surface area contributed by atoms with E-state index in [9.17, 15) is 4.79 Å². The monoisotopic (exact) mass is 216 g/mol. The molecule has 1 aromatic carbocycles. The molecule has 5 nitrogen and oxygen atoms in total. The third-order valence-corrected chi connectivity index (χ3v) is 2.08. The summed E-state index contributed by atoms with van der Waals surface area (Å²) < 4.78 is 1.72. The molecule has 0 unspecified atom stereocenters. The summed E-state index contributed by atoms with van der Waals surface area (Å²) in [4.78, 5) is 15.7. The van der Waals surface area contributed by atoms with Gasteiger partial charge in [-0.1, -0.05) is 6.07 Å². The van der Waals surface area contributed by atoms with Gasteiger partial charge in [-0.15, -0.1) is 0 Å². The Balaban J connectivity index is 2.13. The summed E-state index contributed by atoms with van der Waals surface area (Å²) in [5.74, 6) is -0.244. The van der Waals surface area contributed by atoms with E-state index in [4.69, 9.17) is 5.73 Å². The second kappa shape index (κ2) is 4.06.